The van der Waals surface area contributed by atoms with Crippen LogP contribution in [-0.2, 0) is 20.7 Å². The molecule has 3 N–H and O–H groups in total. The molecule has 0 aliphatic carbocycles. The van der Waals surface area contributed by atoms with E-state index >= 15 is 0 Å². The van der Waals surface area contributed by atoms with Crippen LogP contribution in [0.1, 0.15) is 18.9 Å². The predicted octanol–water partition coefficient (Wildman–Crippen LogP) is 1.78. The predicted molar refractivity (Wildman–Crippen MR) is 71.5 cm³/mol. The minimum absolute atomic E-state index is 0.0279. The van der Waals surface area contributed by atoms with Crippen LogP contribution in [0.4, 0.5) is 5.69 Å². The number of rotatable bonds is 6. The standard InChI is InChI=1S/C14H17NO4/c1-10(14(17)18)2-7-13(16)19-9-8-11-3-5-12(15)6-4-11/h2-6H,7-9,15H2,1H3,(H,17,18)/b10-2+. The first-order valence-electron chi connectivity index (χ1n) is 5.89. The summed E-state index contributed by atoms with van der Waals surface area (Å²) < 4.78 is 5.00. The Morgan fingerprint density at radius 2 is 1.95 bits per heavy atom. The van der Waals surface area contributed by atoms with E-state index in [1.807, 2.05) is 12.1 Å². The Labute approximate surface area is 111 Å². The number of esters is 1. The van der Waals surface area contributed by atoms with Crippen molar-refractivity contribution >= 4 is 17.6 Å². The van der Waals surface area contributed by atoms with Crippen molar-refractivity contribution in [3.8, 4) is 0 Å². The minimum Gasteiger partial charge on any atom is -0.478 e. The summed E-state index contributed by atoms with van der Waals surface area (Å²) >= 11 is 0. The lowest BCUT2D eigenvalue weighted by atomic mass is 10.1. The van der Waals surface area contributed by atoms with E-state index < -0.39 is 11.9 Å². The minimum atomic E-state index is -1.03. The average molecular weight is 263 g/mol. The summed E-state index contributed by atoms with van der Waals surface area (Å²) in [6, 6.07) is 7.32. The van der Waals surface area contributed by atoms with Crippen molar-refractivity contribution in [1.82, 2.24) is 0 Å². The van der Waals surface area contributed by atoms with E-state index in [0.29, 0.717) is 12.1 Å². The second kappa shape index (κ2) is 7.20. The van der Waals surface area contributed by atoms with Gasteiger partial charge in [0.05, 0.1) is 13.0 Å². The highest BCUT2D eigenvalue weighted by atomic mass is 16.5. The van der Waals surface area contributed by atoms with Gasteiger partial charge in [0.2, 0.25) is 0 Å². The monoisotopic (exact) mass is 263 g/mol. The molecule has 0 bridgehead atoms. The summed E-state index contributed by atoms with van der Waals surface area (Å²) in [6.45, 7) is 1.70. The topological polar surface area (TPSA) is 89.6 Å². The van der Waals surface area contributed by atoms with Gasteiger partial charge in [0.25, 0.3) is 0 Å². The zero-order chi connectivity index (χ0) is 14.3. The molecule has 0 fully saturated rings. The molecule has 1 aromatic carbocycles. The number of benzene rings is 1. The van der Waals surface area contributed by atoms with E-state index in [9.17, 15) is 9.59 Å². The molecule has 0 saturated carbocycles. The number of carboxylic acids is 1. The highest BCUT2D eigenvalue weighted by Crippen LogP contribution is 2.06. The van der Waals surface area contributed by atoms with E-state index in [4.69, 9.17) is 15.6 Å². The van der Waals surface area contributed by atoms with Gasteiger partial charge in [-0.15, -0.1) is 0 Å². The molecule has 5 nitrogen and oxygen atoms in total. The number of carbonyl (C=O) groups is 2. The van der Waals surface area contributed by atoms with Crippen molar-refractivity contribution in [2.75, 3.05) is 12.3 Å². The van der Waals surface area contributed by atoms with Gasteiger partial charge in [-0.25, -0.2) is 4.79 Å². The molecule has 0 aliphatic heterocycles. The number of aliphatic carboxylic acids is 1. The fraction of sp³-hybridized carbons (Fsp3) is 0.286. The average Bonchev–Trinajstić information content (AvgIpc) is 2.38. The molecule has 0 amide bonds. The number of anilines is 1. The van der Waals surface area contributed by atoms with Crippen LogP contribution >= 0.6 is 0 Å². The molecule has 0 atom stereocenters. The van der Waals surface area contributed by atoms with E-state index in [1.54, 1.807) is 12.1 Å². The maximum Gasteiger partial charge on any atom is 0.330 e. The SMILES string of the molecule is C/C(=C\CC(=O)OCCc1ccc(N)cc1)C(=O)O. The van der Waals surface area contributed by atoms with Gasteiger partial charge < -0.3 is 15.6 Å². The molecule has 0 spiro atoms. The molecular formula is C14H17NO4. The van der Waals surface area contributed by atoms with Gasteiger partial charge in [-0.3, -0.25) is 4.79 Å². The molecule has 0 heterocycles. The molecule has 0 saturated heterocycles. The van der Waals surface area contributed by atoms with Crippen LogP contribution < -0.4 is 5.73 Å². The zero-order valence-corrected chi connectivity index (χ0v) is 10.8. The fourth-order valence-corrected chi connectivity index (χ4v) is 1.35. The van der Waals surface area contributed by atoms with Crippen molar-refractivity contribution < 1.29 is 19.4 Å². The van der Waals surface area contributed by atoms with Gasteiger partial charge in [0.15, 0.2) is 0 Å². The number of hydrogen-bond donors (Lipinski definition) is 2. The van der Waals surface area contributed by atoms with Gasteiger partial charge in [-0.05, 0) is 24.6 Å². The lowest BCUT2D eigenvalue weighted by molar-refractivity contribution is -0.142. The lowest BCUT2D eigenvalue weighted by Crippen LogP contribution is -2.07. The van der Waals surface area contributed by atoms with Gasteiger partial charge in [-0.2, -0.15) is 0 Å². The number of nitrogens with two attached hydrogens (primary N) is 1. The third-order valence-corrected chi connectivity index (χ3v) is 2.55. The quantitative estimate of drug-likeness (QED) is 0.464. The molecule has 0 aromatic heterocycles. The fourth-order valence-electron chi connectivity index (χ4n) is 1.35. The summed E-state index contributed by atoms with van der Waals surface area (Å²) in [7, 11) is 0. The largest absolute Gasteiger partial charge is 0.478 e. The summed E-state index contributed by atoms with van der Waals surface area (Å²) in [5.74, 6) is -1.47. The third-order valence-electron chi connectivity index (χ3n) is 2.55. The van der Waals surface area contributed by atoms with Crippen LogP contribution in [0.3, 0.4) is 0 Å². The lowest BCUT2D eigenvalue weighted by Gasteiger charge is -2.04. The van der Waals surface area contributed by atoms with Crippen molar-refractivity contribution in [3.63, 3.8) is 0 Å². The number of nitrogen functional groups attached to an aromatic ring is 1. The van der Waals surface area contributed by atoms with Crippen molar-refractivity contribution in [2.45, 2.75) is 19.8 Å². The number of ether oxygens (including phenoxy) is 1. The Morgan fingerprint density at radius 1 is 1.32 bits per heavy atom. The van der Waals surface area contributed by atoms with Gasteiger partial charge in [0.1, 0.15) is 0 Å². The second-order valence-corrected chi connectivity index (χ2v) is 4.11. The summed E-state index contributed by atoms with van der Waals surface area (Å²) in [6.07, 6.45) is 1.92. The second-order valence-electron chi connectivity index (χ2n) is 4.11. The first-order valence-corrected chi connectivity index (χ1v) is 5.89. The Bertz CT molecular complexity index is 477. The normalized spacial score (nSPS) is 11.1. The van der Waals surface area contributed by atoms with Crippen molar-refractivity contribution in [1.29, 1.82) is 0 Å². The van der Waals surface area contributed by atoms with Crippen LogP contribution in [0.25, 0.3) is 0 Å². The summed E-state index contributed by atoms with van der Waals surface area (Å²) in [5, 5.41) is 8.61. The van der Waals surface area contributed by atoms with Gasteiger partial charge in [-0.1, -0.05) is 18.2 Å². The first kappa shape index (κ1) is 14.8. The molecule has 1 aromatic rings. The Morgan fingerprint density at radius 3 is 2.53 bits per heavy atom. The Balaban J connectivity index is 2.29. The number of carbonyl (C=O) groups excluding carboxylic acids is 1. The molecule has 1 rings (SSSR count). The number of hydrogen-bond acceptors (Lipinski definition) is 4. The van der Waals surface area contributed by atoms with E-state index in [1.165, 1.54) is 13.0 Å². The molecule has 0 aliphatic rings. The van der Waals surface area contributed by atoms with Crippen molar-refractivity contribution in [3.05, 3.63) is 41.5 Å². The van der Waals surface area contributed by atoms with Crippen LogP contribution in [-0.4, -0.2) is 23.7 Å². The van der Waals surface area contributed by atoms with E-state index in [2.05, 4.69) is 0 Å². The molecule has 102 valence electrons. The molecule has 0 radical (unpaired) electrons. The van der Waals surface area contributed by atoms with Gasteiger partial charge >= 0.3 is 11.9 Å². The van der Waals surface area contributed by atoms with Gasteiger partial charge in [0, 0.05) is 17.7 Å². The van der Waals surface area contributed by atoms with E-state index in [-0.39, 0.29) is 18.6 Å². The third kappa shape index (κ3) is 5.72. The highest BCUT2D eigenvalue weighted by Gasteiger charge is 2.04. The smallest absolute Gasteiger partial charge is 0.330 e. The number of carboxylic acid groups (broad SMARTS) is 1. The highest BCUT2D eigenvalue weighted by molar-refractivity contribution is 5.86. The maximum absolute atomic E-state index is 11.3. The molecule has 0 unspecified atom stereocenters. The van der Waals surface area contributed by atoms with Crippen molar-refractivity contribution in [2.24, 2.45) is 0 Å². The summed E-state index contributed by atoms with van der Waals surface area (Å²) in [4.78, 5) is 21.8. The molecule has 5 heteroatoms. The van der Waals surface area contributed by atoms with Crippen LogP contribution in [0.2, 0.25) is 0 Å². The van der Waals surface area contributed by atoms with Crippen LogP contribution in [0.5, 0.6) is 0 Å². The molecular weight excluding hydrogens is 246 g/mol. The Kier molecular flexibility index (Phi) is 5.60. The van der Waals surface area contributed by atoms with Crippen LogP contribution in [0.15, 0.2) is 35.9 Å². The van der Waals surface area contributed by atoms with Crippen LogP contribution in [0, 0.1) is 0 Å². The van der Waals surface area contributed by atoms with E-state index in [0.717, 1.165) is 5.56 Å². The first-order chi connectivity index (χ1) is 8.99. The molecule has 19 heavy (non-hydrogen) atoms. The zero-order valence-electron chi connectivity index (χ0n) is 10.8. The summed E-state index contributed by atoms with van der Waals surface area (Å²) in [5.41, 5.74) is 7.41. The maximum atomic E-state index is 11.3. The Hall–Kier alpha value is -2.30.